The van der Waals surface area contributed by atoms with Crippen LogP contribution in [0.4, 0.5) is 0 Å². The van der Waals surface area contributed by atoms with Gasteiger partial charge in [-0.05, 0) is 20.1 Å². The van der Waals surface area contributed by atoms with E-state index in [1.165, 1.54) is 11.3 Å². The lowest BCUT2D eigenvalue weighted by Gasteiger charge is -1.97. The average Bonchev–Trinajstić information content (AvgIpc) is 2.79. The molecule has 0 aliphatic carbocycles. The smallest absolute Gasteiger partial charge is 0.350 e. The van der Waals surface area contributed by atoms with Crippen molar-refractivity contribution < 1.29 is 9.53 Å². The van der Waals surface area contributed by atoms with E-state index in [4.69, 9.17) is 4.74 Å². The summed E-state index contributed by atoms with van der Waals surface area (Å²) in [6.45, 7) is 4.13. The summed E-state index contributed by atoms with van der Waals surface area (Å²) < 4.78 is 8.17. The summed E-state index contributed by atoms with van der Waals surface area (Å²) in [7, 11) is 1.96. The highest BCUT2D eigenvalue weighted by molar-refractivity contribution is 8.00. The zero-order valence-corrected chi connectivity index (χ0v) is 11.9. The van der Waals surface area contributed by atoms with E-state index < -0.39 is 0 Å². The molecule has 0 aromatic carbocycles. The minimum absolute atomic E-state index is 0.277. The summed E-state index contributed by atoms with van der Waals surface area (Å²) in [6, 6.07) is 0. The van der Waals surface area contributed by atoms with E-state index in [1.807, 2.05) is 31.7 Å². The van der Waals surface area contributed by atoms with Crippen molar-refractivity contribution in [1.82, 2.24) is 9.55 Å². The van der Waals surface area contributed by atoms with Crippen LogP contribution in [0.25, 0.3) is 11.0 Å². The first-order valence-corrected chi connectivity index (χ1v) is 7.31. The number of carbonyl (C=O) groups is 1. The molecule has 0 atom stereocenters. The van der Waals surface area contributed by atoms with Gasteiger partial charge >= 0.3 is 5.97 Å². The van der Waals surface area contributed by atoms with Gasteiger partial charge in [0.05, 0.1) is 16.3 Å². The molecule has 0 unspecified atom stereocenters. The van der Waals surface area contributed by atoms with Gasteiger partial charge in [-0.15, -0.1) is 23.1 Å². The molecule has 0 fully saturated rings. The lowest BCUT2D eigenvalue weighted by Crippen LogP contribution is -2.02. The Labute approximate surface area is 108 Å². The van der Waals surface area contributed by atoms with Crippen LogP contribution in [0.15, 0.2) is 4.21 Å². The van der Waals surface area contributed by atoms with Crippen LogP contribution in [0.3, 0.4) is 0 Å². The van der Waals surface area contributed by atoms with Crippen molar-refractivity contribution in [3.63, 3.8) is 0 Å². The minimum Gasteiger partial charge on any atom is -0.462 e. The maximum atomic E-state index is 11.8. The second-order valence-corrected chi connectivity index (χ2v) is 5.65. The van der Waals surface area contributed by atoms with Gasteiger partial charge in [-0.3, -0.25) is 0 Å². The van der Waals surface area contributed by atoms with Crippen LogP contribution < -0.4 is 0 Å². The van der Waals surface area contributed by atoms with Gasteiger partial charge in [0.15, 0.2) is 0 Å². The standard InChI is InChI=1S/C11H14N2O2S2/c1-5-15-10(14)9-7-8(11(16-4)17-9)13(3)6(2)12-7/h5H2,1-4H3. The van der Waals surface area contributed by atoms with Crippen LogP contribution >= 0.6 is 23.1 Å². The number of fused-ring (bicyclic) bond motifs is 1. The predicted octanol–water partition coefficient (Wildman–Crippen LogP) is 2.84. The number of hydrogen-bond donors (Lipinski definition) is 0. The van der Waals surface area contributed by atoms with Gasteiger partial charge in [0, 0.05) is 7.05 Å². The SMILES string of the molecule is CCOC(=O)c1sc(SC)c2c1nc(C)n2C. The fourth-order valence-corrected chi connectivity index (χ4v) is 3.57. The Morgan fingerprint density at radius 2 is 2.29 bits per heavy atom. The molecule has 0 N–H and O–H groups in total. The summed E-state index contributed by atoms with van der Waals surface area (Å²) in [5.41, 5.74) is 1.79. The fraction of sp³-hybridized carbons (Fsp3) is 0.455. The van der Waals surface area contributed by atoms with Gasteiger partial charge in [0.2, 0.25) is 0 Å². The van der Waals surface area contributed by atoms with E-state index in [2.05, 4.69) is 4.98 Å². The van der Waals surface area contributed by atoms with Gasteiger partial charge in [-0.2, -0.15) is 0 Å². The second kappa shape index (κ2) is 4.70. The van der Waals surface area contributed by atoms with Crippen molar-refractivity contribution in [2.75, 3.05) is 12.9 Å². The molecule has 0 saturated heterocycles. The van der Waals surface area contributed by atoms with E-state index in [0.29, 0.717) is 11.5 Å². The molecule has 0 amide bonds. The number of hydrogen-bond acceptors (Lipinski definition) is 5. The van der Waals surface area contributed by atoms with Crippen LogP contribution in [0.2, 0.25) is 0 Å². The Bertz CT molecular complexity index is 572. The number of carbonyl (C=O) groups excluding carboxylic acids is 1. The third kappa shape index (κ3) is 1.95. The number of thioether (sulfide) groups is 1. The zero-order chi connectivity index (χ0) is 12.6. The molecule has 0 spiro atoms. The lowest BCUT2D eigenvalue weighted by atomic mass is 10.4. The van der Waals surface area contributed by atoms with E-state index in [-0.39, 0.29) is 5.97 Å². The van der Waals surface area contributed by atoms with Crippen molar-refractivity contribution in [1.29, 1.82) is 0 Å². The highest BCUT2D eigenvalue weighted by atomic mass is 32.2. The molecule has 0 bridgehead atoms. The van der Waals surface area contributed by atoms with Crippen molar-refractivity contribution in [3.8, 4) is 0 Å². The maximum absolute atomic E-state index is 11.8. The van der Waals surface area contributed by atoms with Gasteiger partial charge in [0.25, 0.3) is 0 Å². The minimum atomic E-state index is -0.277. The van der Waals surface area contributed by atoms with Gasteiger partial charge in [-0.25, -0.2) is 9.78 Å². The quantitative estimate of drug-likeness (QED) is 0.635. The molecular formula is C11H14N2O2S2. The summed E-state index contributed by atoms with van der Waals surface area (Å²) in [4.78, 5) is 16.9. The summed E-state index contributed by atoms with van der Waals surface area (Å²) in [6.07, 6.45) is 2.00. The number of esters is 1. The van der Waals surface area contributed by atoms with E-state index in [9.17, 15) is 4.79 Å². The number of rotatable bonds is 3. The molecule has 2 heterocycles. The molecule has 0 saturated carbocycles. The van der Waals surface area contributed by atoms with Crippen LogP contribution in [0, 0.1) is 6.92 Å². The van der Waals surface area contributed by atoms with E-state index >= 15 is 0 Å². The Kier molecular flexibility index (Phi) is 3.44. The molecule has 2 rings (SSSR count). The normalized spacial score (nSPS) is 11.1. The summed E-state index contributed by atoms with van der Waals surface area (Å²) in [5, 5.41) is 0. The maximum Gasteiger partial charge on any atom is 0.350 e. The van der Waals surface area contributed by atoms with Gasteiger partial charge in [-0.1, -0.05) is 0 Å². The van der Waals surface area contributed by atoms with Crippen molar-refractivity contribution in [3.05, 3.63) is 10.7 Å². The van der Waals surface area contributed by atoms with Crippen molar-refractivity contribution in [2.24, 2.45) is 7.05 Å². The van der Waals surface area contributed by atoms with Crippen LogP contribution in [-0.4, -0.2) is 28.4 Å². The zero-order valence-electron chi connectivity index (χ0n) is 10.2. The lowest BCUT2D eigenvalue weighted by molar-refractivity contribution is 0.0534. The molecule has 2 aromatic heterocycles. The molecule has 92 valence electrons. The molecule has 0 aliphatic rings. The fourth-order valence-electron chi connectivity index (χ4n) is 1.67. The molecule has 4 nitrogen and oxygen atoms in total. The second-order valence-electron chi connectivity index (χ2n) is 3.56. The summed E-state index contributed by atoms with van der Waals surface area (Å²) in [5.74, 6) is 0.629. The third-order valence-corrected chi connectivity index (χ3v) is 4.83. The molecular weight excluding hydrogens is 256 g/mol. The largest absolute Gasteiger partial charge is 0.462 e. The first-order chi connectivity index (χ1) is 8.10. The van der Waals surface area contributed by atoms with Crippen LogP contribution in [0.5, 0.6) is 0 Å². The summed E-state index contributed by atoms with van der Waals surface area (Å²) >= 11 is 3.09. The average molecular weight is 270 g/mol. The predicted molar refractivity (Wildman–Crippen MR) is 71.1 cm³/mol. The molecule has 0 aliphatic heterocycles. The van der Waals surface area contributed by atoms with Gasteiger partial charge < -0.3 is 9.30 Å². The number of ether oxygens (including phenoxy) is 1. The highest BCUT2D eigenvalue weighted by Gasteiger charge is 2.22. The topological polar surface area (TPSA) is 44.1 Å². The molecule has 0 radical (unpaired) electrons. The first-order valence-electron chi connectivity index (χ1n) is 5.27. The first kappa shape index (κ1) is 12.4. The monoisotopic (exact) mass is 270 g/mol. The number of thiophene rings is 1. The van der Waals surface area contributed by atoms with Crippen LogP contribution in [0.1, 0.15) is 22.4 Å². The Morgan fingerprint density at radius 1 is 1.59 bits per heavy atom. The Balaban J connectivity index is 2.65. The van der Waals surface area contributed by atoms with Crippen molar-refractivity contribution in [2.45, 2.75) is 18.1 Å². The number of aromatic nitrogens is 2. The Morgan fingerprint density at radius 3 is 2.88 bits per heavy atom. The molecule has 2 aromatic rings. The molecule has 17 heavy (non-hydrogen) atoms. The van der Waals surface area contributed by atoms with Crippen molar-refractivity contribution >= 4 is 40.1 Å². The third-order valence-electron chi connectivity index (χ3n) is 2.57. The number of imidazole rings is 1. The van der Waals surface area contributed by atoms with Crippen LogP contribution in [-0.2, 0) is 11.8 Å². The molecule has 6 heteroatoms. The Hall–Kier alpha value is -1.01. The highest BCUT2D eigenvalue weighted by Crippen LogP contribution is 2.37. The van der Waals surface area contributed by atoms with E-state index in [1.54, 1.807) is 11.8 Å². The van der Waals surface area contributed by atoms with E-state index in [0.717, 1.165) is 21.1 Å². The number of nitrogens with zero attached hydrogens (tertiary/aromatic N) is 2. The van der Waals surface area contributed by atoms with Gasteiger partial charge in [0.1, 0.15) is 16.2 Å². The number of aryl methyl sites for hydroxylation is 2.